The first kappa shape index (κ1) is 14.4. The number of thiophene rings is 1. The molecule has 0 spiro atoms. The van der Waals surface area contributed by atoms with Crippen LogP contribution in [-0.2, 0) is 0 Å². The van der Waals surface area contributed by atoms with Gasteiger partial charge >= 0.3 is 0 Å². The molecule has 110 valence electrons. The van der Waals surface area contributed by atoms with E-state index in [1.807, 2.05) is 11.3 Å². The van der Waals surface area contributed by atoms with Crippen LogP contribution < -0.4 is 4.90 Å². The second-order valence-corrected chi connectivity index (χ2v) is 6.99. The molecule has 1 aromatic carbocycles. The molecule has 0 saturated heterocycles. The molecule has 0 unspecified atom stereocenters. The van der Waals surface area contributed by atoms with Gasteiger partial charge in [0, 0.05) is 28.5 Å². The van der Waals surface area contributed by atoms with E-state index in [4.69, 9.17) is 0 Å². The summed E-state index contributed by atoms with van der Waals surface area (Å²) in [5.41, 5.74) is 4.31. The van der Waals surface area contributed by atoms with Crippen LogP contribution in [0.5, 0.6) is 0 Å². The van der Waals surface area contributed by atoms with Crippen molar-refractivity contribution in [2.24, 2.45) is 0 Å². The van der Waals surface area contributed by atoms with E-state index >= 15 is 0 Å². The Balaban J connectivity index is 1.72. The van der Waals surface area contributed by atoms with Crippen LogP contribution >= 0.6 is 11.3 Å². The standard InChI is InChI=1S/C19H23NS/c1-3-16-5-4-13-20(14-12-16)18-9-7-17(8-10-18)19-11-6-15(2)21-19/h5-11H,3-4,12-14H2,1-2H3. The summed E-state index contributed by atoms with van der Waals surface area (Å²) in [6.45, 7) is 6.72. The molecular formula is C19H23NS. The van der Waals surface area contributed by atoms with Crippen LogP contribution in [0, 0.1) is 6.92 Å². The molecule has 2 heteroatoms. The number of nitrogens with zero attached hydrogens (tertiary/aromatic N) is 1. The first-order valence-corrected chi connectivity index (χ1v) is 8.67. The Labute approximate surface area is 131 Å². The lowest BCUT2D eigenvalue weighted by molar-refractivity contribution is 0.796. The SMILES string of the molecule is CCC1=CCCN(c2ccc(-c3ccc(C)s3)cc2)CC1. The second kappa shape index (κ2) is 6.48. The molecule has 0 fully saturated rings. The topological polar surface area (TPSA) is 3.24 Å². The van der Waals surface area contributed by atoms with Gasteiger partial charge in [0.05, 0.1) is 0 Å². The summed E-state index contributed by atoms with van der Waals surface area (Å²) >= 11 is 1.87. The van der Waals surface area contributed by atoms with E-state index in [-0.39, 0.29) is 0 Å². The van der Waals surface area contributed by atoms with E-state index in [0.29, 0.717) is 0 Å². The van der Waals surface area contributed by atoms with Gasteiger partial charge in [-0.15, -0.1) is 11.3 Å². The van der Waals surface area contributed by atoms with Crippen molar-refractivity contribution in [2.45, 2.75) is 33.1 Å². The van der Waals surface area contributed by atoms with E-state index in [1.165, 1.54) is 40.3 Å². The molecule has 2 heterocycles. The number of benzene rings is 1. The Morgan fingerprint density at radius 2 is 1.86 bits per heavy atom. The minimum absolute atomic E-state index is 1.14. The van der Waals surface area contributed by atoms with Gasteiger partial charge in [-0.05, 0) is 56.0 Å². The molecule has 21 heavy (non-hydrogen) atoms. The van der Waals surface area contributed by atoms with Gasteiger partial charge in [-0.25, -0.2) is 0 Å². The van der Waals surface area contributed by atoms with Crippen molar-refractivity contribution in [3.05, 3.63) is 52.9 Å². The minimum atomic E-state index is 1.14. The lowest BCUT2D eigenvalue weighted by Crippen LogP contribution is -2.24. The van der Waals surface area contributed by atoms with Crippen LogP contribution in [0.25, 0.3) is 10.4 Å². The largest absolute Gasteiger partial charge is 0.371 e. The number of hydrogen-bond acceptors (Lipinski definition) is 2. The highest BCUT2D eigenvalue weighted by Gasteiger charge is 2.10. The zero-order valence-electron chi connectivity index (χ0n) is 12.9. The normalized spacial score (nSPS) is 15.7. The molecule has 0 bridgehead atoms. The molecule has 1 aromatic heterocycles. The van der Waals surface area contributed by atoms with Gasteiger partial charge in [0.25, 0.3) is 0 Å². The van der Waals surface area contributed by atoms with Gasteiger partial charge < -0.3 is 4.90 Å². The fourth-order valence-electron chi connectivity index (χ4n) is 2.92. The zero-order valence-corrected chi connectivity index (χ0v) is 13.7. The average Bonchev–Trinajstić information content (AvgIpc) is 2.81. The lowest BCUT2D eigenvalue weighted by atomic mass is 10.1. The van der Waals surface area contributed by atoms with E-state index in [0.717, 1.165) is 13.1 Å². The molecule has 3 rings (SSSR count). The van der Waals surface area contributed by atoms with Crippen molar-refractivity contribution in [2.75, 3.05) is 18.0 Å². The minimum Gasteiger partial charge on any atom is -0.371 e. The fraction of sp³-hybridized carbons (Fsp3) is 0.368. The van der Waals surface area contributed by atoms with Gasteiger partial charge in [-0.3, -0.25) is 0 Å². The third-order valence-electron chi connectivity index (χ3n) is 4.25. The summed E-state index contributed by atoms with van der Waals surface area (Å²) in [4.78, 5) is 5.26. The van der Waals surface area contributed by atoms with Crippen molar-refractivity contribution in [1.82, 2.24) is 0 Å². The van der Waals surface area contributed by atoms with Gasteiger partial charge in [-0.1, -0.05) is 30.7 Å². The summed E-state index contributed by atoms with van der Waals surface area (Å²) in [6, 6.07) is 13.5. The van der Waals surface area contributed by atoms with Gasteiger partial charge in [0.2, 0.25) is 0 Å². The highest BCUT2D eigenvalue weighted by molar-refractivity contribution is 7.15. The monoisotopic (exact) mass is 297 g/mol. The zero-order chi connectivity index (χ0) is 14.7. The maximum Gasteiger partial charge on any atom is 0.0366 e. The molecule has 1 aliphatic heterocycles. The lowest BCUT2D eigenvalue weighted by Gasteiger charge is -2.23. The molecule has 0 amide bonds. The van der Waals surface area contributed by atoms with Crippen LogP contribution in [0.2, 0.25) is 0 Å². The van der Waals surface area contributed by atoms with Crippen molar-refractivity contribution < 1.29 is 0 Å². The summed E-state index contributed by atoms with van der Waals surface area (Å²) in [7, 11) is 0. The van der Waals surface area contributed by atoms with Crippen LogP contribution in [0.15, 0.2) is 48.0 Å². The summed E-state index contributed by atoms with van der Waals surface area (Å²) < 4.78 is 0. The summed E-state index contributed by atoms with van der Waals surface area (Å²) in [5, 5.41) is 0. The Bertz CT molecular complexity index is 621. The Morgan fingerprint density at radius 1 is 1.05 bits per heavy atom. The quantitative estimate of drug-likeness (QED) is 0.661. The molecule has 1 aliphatic rings. The number of anilines is 1. The third kappa shape index (κ3) is 3.38. The Kier molecular flexibility index (Phi) is 4.45. The van der Waals surface area contributed by atoms with E-state index in [9.17, 15) is 0 Å². The van der Waals surface area contributed by atoms with E-state index in [2.05, 4.69) is 61.2 Å². The summed E-state index contributed by atoms with van der Waals surface area (Å²) in [5.74, 6) is 0. The van der Waals surface area contributed by atoms with Crippen LogP contribution in [-0.4, -0.2) is 13.1 Å². The van der Waals surface area contributed by atoms with Crippen molar-refractivity contribution in [3.63, 3.8) is 0 Å². The maximum absolute atomic E-state index is 2.52. The van der Waals surface area contributed by atoms with Crippen molar-refractivity contribution in [1.29, 1.82) is 0 Å². The molecular weight excluding hydrogens is 274 g/mol. The van der Waals surface area contributed by atoms with Gasteiger partial charge in [0.15, 0.2) is 0 Å². The predicted octanol–water partition coefficient (Wildman–Crippen LogP) is 5.66. The maximum atomic E-state index is 2.52. The Morgan fingerprint density at radius 3 is 2.52 bits per heavy atom. The molecule has 0 atom stereocenters. The number of rotatable bonds is 3. The van der Waals surface area contributed by atoms with Crippen LogP contribution in [0.3, 0.4) is 0 Å². The summed E-state index contributed by atoms with van der Waals surface area (Å²) in [6.07, 6.45) is 6.02. The van der Waals surface area contributed by atoms with Crippen LogP contribution in [0.1, 0.15) is 31.1 Å². The molecule has 0 aliphatic carbocycles. The molecule has 2 aromatic rings. The molecule has 0 saturated carbocycles. The third-order valence-corrected chi connectivity index (χ3v) is 5.30. The van der Waals surface area contributed by atoms with E-state index < -0.39 is 0 Å². The predicted molar refractivity (Wildman–Crippen MR) is 94.3 cm³/mol. The highest BCUT2D eigenvalue weighted by atomic mass is 32.1. The van der Waals surface area contributed by atoms with Gasteiger partial charge in [-0.2, -0.15) is 0 Å². The van der Waals surface area contributed by atoms with E-state index in [1.54, 1.807) is 5.57 Å². The molecule has 0 N–H and O–H groups in total. The number of hydrogen-bond donors (Lipinski definition) is 0. The van der Waals surface area contributed by atoms with Crippen LogP contribution in [0.4, 0.5) is 5.69 Å². The highest BCUT2D eigenvalue weighted by Crippen LogP contribution is 2.29. The molecule has 0 radical (unpaired) electrons. The van der Waals surface area contributed by atoms with Crippen molar-refractivity contribution >= 4 is 17.0 Å². The smallest absolute Gasteiger partial charge is 0.0366 e. The van der Waals surface area contributed by atoms with Crippen molar-refractivity contribution in [3.8, 4) is 10.4 Å². The molecule has 1 nitrogen and oxygen atoms in total. The first-order chi connectivity index (χ1) is 10.3. The Hall–Kier alpha value is -1.54. The first-order valence-electron chi connectivity index (χ1n) is 7.86. The second-order valence-electron chi connectivity index (χ2n) is 5.70. The average molecular weight is 297 g/mol. The fourth-order valence-corrected chi connectivity index (χ4v) is 3.80. The number of aryl methyl sites for hydroxylation is 1. The van der Waals surface area contributed by atoms with Gasteiger partial charge in [0.1, 0.15) is 0 Å².